The van der Waals surface area contributed by atoms with Gasteiger partial charge >= 0.3 is 36.4 Å². The van der Waals surface area contributed by atoms with Crippen LogP contribution < -0.4 is 0 Å². The van der Waals surface area contributed by atoms with Gasteiger partial charge in [-0.1, -0.05) is 6.92 Å². The van der Waals surface area contributed by atoms with Crippen LogP contribution in [0.1, 0.15) is 24.6 Å². The van der Waals surface area contributed by atoms with E-state index in [0.29, 0.717) is 12.8 Å². The summed E-state index contributed by atoms with van der Waals surface area (Å²) < 4.78 is 94.4. The Kier molecular flexibility index (Phi) is 5.84. The molecule has 0 saturated carbocycles. The molecule has 0 fully saturated rings. The summed E-state index contributed by atoms with van der Waals surface area (Å²) in [6.07, 6.45) is 0.756. The summed E-state index contributed by atoms with van der Waals surface area (Å²) in [5.41, 5.74) is 1.75. The van der Waals surface area contributed by atoms with Crippen molar-refractivity contribution >= 4 is 41.1 Å². The maximum absolute atomic E-state index is 11.2. The second-order valence-corrected chi connectivity index (χ2v) is 11.9. The number of halogens is 6. The van der Waals surface area contributed by atoms with Gasteiger partial charge < -0.3 is 0 Å². The fourth-order valence-corrected chi connectivity index (χ4v) is 2.75. The van der Waals surface area contributed by atoms with Crippen LogP contribution in [-0.4, -0.2) is 42.1 Å². The average Bonchev–Trinajstić information content (AvgIpc) is 2.53. The number of hydrogen-bond acceptors (Lipinski definition) is 4. The quantitative estimate of drug-likeness (QED) is 0.413. The van der Waals surface area contributed by atoms with Gasteiger partial charge in [-0.25, -0.2) is 0 Å². The van der Waals surface area contributed by atoms with Gasteiger partial charge in [-0.15, -0.1) is 0 Å². The third-order valence-corrected chi connectivity index (χ3v) is 4.29. The molecule has 1 N–H and O–H groups in total. The van der Waals surface area contributed by atoms with E-state index in [4.69, 9.17) is 4.55 Å². The van der Waals surface area contributed by atoms with Crippen LogP contribution in [0.4, 0.5) is 16.9 Å². The molecule has 0 spiro atoms. The summed E-state index contributed by atoms with van der Waals surface area (Å²) in [7, 11) is -3.93. The van der Waals surface area contributed by atoms with Crippen molar-refractivity contribution in [3.63, 3.8) is 0 Å². The van der Waals surface area contributed by atoms with Crippen molar-refractivity contribution < 1.29 is 29.8 Å². The zero-order valence-corrected chi connectivity index (χ0v) is 15.0. The molecule has 0 bridgehead atoms. The average molecular weight is 471 g/mol. The Morgan fingerprint density at radius 2 is 1.71 bits per heavy atom. The zero-order chi connectivity index (χ0) is 17.2. The molecule has 0 aromatic carbocycles. The van der Waals surface area contributed by atoms with Gasteiger partial charge in [-0.3, -0.25) is 4.55 Å². The van der Waals surface area contributed by atoms with Gasteiger partial charge in [0.05, 0.1) is 10.9 Å². The molecule has 1 aromatic heterocycles. The van der Waals surface area contributed by atoms with Crippen molar-refractivity contribution in [3.8, 4) is 0 Å². The Morgan fingerprint density at radius 3 is 1.95 bits per heavy atom. The van der Waals surface area contributed by atoms with Crippen LogP contribution in [0.3, 0.4) is 0 Å². The molecule has 1 atom stereocenters. The van der Waals surface area contributed by atoms with Crippen LogP contribution in [-0.2, 0) is 16.5 Å². The molecule has 0 aliphatic heterocycles. The molecule has 0 amide bonds. The first kappa shape index (κ1) is 20.9. The summed E-state index contributed by atoms with van der Waals surface area (Å²) in [5.74, 6) is 0. The predicted octanol–water partition coefficient (Wildman–Crippen LogP) is 3.80. The molecule has 1 aromatic rings. The van der Waals surface area contributed by atoms with Crippen molar-refractivity contribution in [3.05, 3.63) is 16.6 Å². The van der Waals surface area contributed by atoms with E-state index >= 15 is 0 Å². The summed E-state index contributed by atoms with van der Waals surface area (Å²) in [6, 6.07) is 0. The van der Waals surface area contributed by atoms with Gasteiger partial charge in [-0.05, 0) is 36.9 Å². The number of aromatic nitrogens is 1. The van der Waals surface area contributed by atoms with E-state index in [0.717, 1.165) is 11.3 Å². The van der Waals surface area contributed by atoms with E-state index in [1.54, 1.807) is 6.92 Å². The van der Waals surface area contributed by atoms with Gasteiger partial charge in [0.15, 0.2) is 0 Å². The SMILES string of the molecule is CCC(Cc1csnc1C)S(=O)(=O)O.[F][Sb-]([F])([F])([F])([F])[F]. The van der Waals surface area contributed by atoms with Crippen molar-refractivity contribution in [1.29, 1.82) is 0 Å². The molecule has 21 heavy (non-hydrogen) atoms. The van der Waals surface area contributed by atoms with E-state index in [2.05, 4.69) is 4.37 Å². The number of hydrogen-bond donors (Lipinski definition) is 1. The van der Waals surface area contributed by atoms with Gasteiger partial charge in [-0.2, -0.15) is 12.8 Å². The van der Waals surface area contributed by atoms with Gasteiger partial charge in [0.2, 0.25) is 0 Å². The van der Waals surface area contributed by atoms with Crippen molar-refractivity contribution in [2.45, 2.75) is 31.9 Å². The maximum atomic E-state index is 10.9. The minimum absolute atomic E-state index is 0.345. The van der Waals surface area contributed by atoms with Crippen LogP contribution in [0.25, 0.3) is 0 Å². The molecule has 0 aliphatic rings. The standard InChI is InChI=1S/C8H13NO3S2.6FH.Sb/c1-3-8(14(10,11)12)4-7-5-13-9-6(7)2;;;;;;;/h5,8H,3-4H2,1-2H3,(H,10,11,12);6*1H;/q;;;;;;;+5/p-6. The van der Waals surface area contributed by atoms with Crippen molar-refractivity contribution in [1.82, 2.24) is 4.37 Å². The van der Waals surface area contributed by atoms with Crippen LogP contribution >= 0.6 is 11.5 Å². The summed E-state index contributed by atoms with van der Waals surface area (Å²) in [4.78, 5) is 0. The van der Waals surface area contributed by atoms with Crippen LogP contribution in [0.2, 0.25) is 0 Å². The van der Waals surface area contributed by atoms with E-state index in [1.807, 2.05) is 12.3 Å². The number of rotatable bonds is 4. The van der Waals surface area contributed by atoms with Crippen LogP contribution in [0.5, 0.6) is 0 Å². The second kappa shape index (κ2) is 5.86. The first-order valence-corrected chi connectivity index (χ1v) is 13.5. The summed E-state index contributed by atoms with van der Waals surface area (Å²) in [6.45, 7) is 3.58. The summed E-state index contributed by atoms with van der Waals surface area (Å²) in [5, 5.41) is 1.11. The van der Waals surface area contributed by atoms with Gasteiger partial charge in [0, 0.05) is 5.38 Å². The fourth-order valence-electron chi connectivity index (χ4n) is 1.21. The van der Waals surface area contributed by atoms with Crippen molar-refractivity contribution in [2.24, 2.45) is 0 Å². The Balaban J connectivity index is 0.000000486. The van der Waals surface area contributed by atoms with E-state index in [1.165, 1.54) is 11.5 Å². The third-order valence-electron chi connectivity index (χ3n) is 2.17. The first-order valence-electron chi connectivity index (χ1n) is 5.32. The minimum atomic E-state index is -11.2. The first-order chi connectivity index (χ1) is 8.90. The van der Waals surface area contributed by atoms with Gasteiger partial charge in [0.25, 0.3) is 10.1 Å². The molecule has 128 valence electrons. The Bertz CT molecular complexity index is 571. The zero-order valence-electron chi connectivity index (χ0n) is 10.8. The van der Waals surface area contributed by atoms with E-state index in [-0.39, 0.29) is 0 Å². The number of aryl methyl sites for hydroxylation is 1. The second-order valence-electron chi connectivity index (χ2n) is 4.13. The fraction of sp³-hybridized carbons (Fsp3) is 0.625. The third kappa shape index (κ3) is 13.3. The monoisotopic (exact) mass is 470 g/mol. The number of nitrogens with zero attached hydrogens (tertiary/aromatic N) is 1. The molecule has 4 nitrogen and oxygen atoms in total. The molecule has 0 radical (unpaired) electrons. The molecule has 1 rings (SSSR count). The van der Waals surface area contributed by atoms with Gasteiger partial charge in [0.1, 0.15) is 0 Å². The Labute approximate surface area is 124 Å². The van der Waals surface area contributed by atoms with E-state index < -0.39 is 34.8 Å². The molecule has 0 saturated heterocycles. The molecule has 1 heterocycles. The van der Waals surface area contributed by atoms with Crippen LogP contribution in [0, 0.1) is 6.92 Å². The predicted molar refractivity (Wildman–Crippen MR) is 68.6 cm³/mol. The topological polar surface area (TPSA) is 67.3 Å². The molecule has 13 heteroatoms. The normalized spacial score (nSPS) is 17.2. The van der Waals surface area contributed by atoms with Crippen LogP contribution in [0.15, 0.2) is 5.38 Å². The molecular formula is C8H13F6NO3S2Sb-. The molecule has 1 unspecified atom stereocenters. The Hall–Kier alpha value is -0.0618. The Morgan fingerprint density at radius 1 is 1.29 bits per heavy atom. The van der Waals surface area contributed by atoms with E-state index in [9.17, 15) is 25.3 Å². The summed E-state index contributed by atoms with van der Waals surface area (Å²) >= 11 is -9.95. The van der Waals surface area contributed by atoms with Crippen molar-refractivity contribution in [2.75, 3.05) is 0 Å². The molecular weight excluding hydrogens is 458 g/mol. The molecule has 0 aliphatic carbocycles.